The molecule has 0 saturated heterocycles. The number of aryl methyl sites for hydroxylation is 1. The second-order valence-electron chi connectivity index (χ2n) is 4.43. The van der Waals surface area contributed by atoms with Gasteiger partial charge in [-0.25, -0.2) is 9.37 Å². The van der Waals surface area contributed by atoms with Crippen molar-refractivity contribution in [1.29, 1.82) is 0 Å². The van der Waals surface area contributed by atoms with E-state index in [2.05, 4.69) is 17.2 Å². The van der Waals surface area contributed by atoms with Crippen molar-refractivity contribution in [1.82, 2.24) is 10.3 Å². The van der Waals surface area contributed by atoms with E-state index in [1.165, 1.54) is 12.1 Å². The van der Waals surface area contributed by atoms with E-state index in [-0.39, 0.29) is 5.82 Å². The zero-order valence-corrected chi connectivity index (χ0v) is 11.6. The van der Waals surface area contributed by atoms with Crippen molar-refractivity contribution in [2.24, 2.45) is 0 Å². The zero-order valence-electron chi connectivity index (χ0n) is 10.8. The fourth-order valence-electron chi connectivity index (χ4n) is 1.92. The number of aromatic nitrogens is 1. The molecular weight excluding hydrogens is 247 g/mol. The fourth-order valence-corrected chi connectivity index (χ4v) is 2.92. The van der Waals surface area contributed by atoms with E-state index in [1.54, 1.807) is 17.4 Å². The summed E-state index contributed by atoms with van der Waals surface area (Å²) in [5.41, 5.74) is 1.75. The first-order valence-electron chi connectivity index (χ1n) is 5.99. The highest BCUT2D eigenvalue weighted by atomic mass is 32.1. The SMILES string of the molecule is CNCC(C)c1nc(-c2cccc(F)c2)c(C)s1. The molecule has 18 heavy (non-hydrogen) atoms. The van der Waals surface area contributed by atoms with E-state index in [1.807, 2.05) is 20.0 Å². The minimum atomic E-state index is -0.218. The van der Waals surface area contributed by atoms with E-state index in [0.717, 1.165) is 27.7 Å². The Balaban J connectivity index is 2.35. The lowest BCUT2D eigenvalue weighted by molar-refractivity contribution is 0.628. The summed E-state index contributed by atoms with van der Waals surface area (Å²) in [5, 5.41) is 4.25. The number of rotatable bonds is 4. The normalized spacial score (nSPS) is 12.7. The standard InChI is InChI=1S/C14H17FN2S/c1-9(8-16-3)14-17-13(10(2)18-14)11-5-4-6-12(15)7-11/h4-7,9,16H,8H2,1-3H3. The van der Waals surface area contributed by atoms with Crippen molar-refractivity contribution < 1.29 is 4.39 Å². The second kappa shape index (κ2) is 5.59. The Morgan fingerprint density at radius 2 is 2.22 bits per heavy atom. The van der Waals surface area contributed by atoms with Gasteiger partial charge in [-0.2, -0.15) is 0 Å². The Hall–Kier alpha value is -1.26. The predicted octanol–water partition coefficient (Wildman–Crippen LogP) is 3.58. The summed E-state index contributed by atoms with van der Waals surface area (Å²) in [6.07, 6.45) is 0. The molecule has 0 saturated carbocycles. The van der Waals surface area contributed by atoms with Gasteiger partial charge < -0.3 is 5.32 Å². The molecule has 0 radical (unpaired) electrons. The maximum atomic E-state index is 13.2. The lowest BCUT2D eigenvalue weighted by Crippen LogP contribution is -2.14. The topological polar surface area (TPSA) is 24.9 Å². The molecule has 0 aliphatic heterocycles. The summed E-state index contributed by atoms with van der Waals surface area (Å²) < 4.78 is 13.2. The van der Waals surface area contributed by atoms with Crippen molar-refractivity contribution in [2.75, 3.05) is 13.6 Å². The van der Waals surface area contributed by atoms with Gasteiger partial charge in [0.05, 0.1) is 10.7 Å². The van der Waals surface area contributed by atoms with Gasteiger partial charge in [-0.15, -0.1) is 11.3 Å². The Morgan fingerprint density at radius 1 is 1.44 bits per heavy atom. The maximum absolute atomic E-state index is 13.2. The fraction of sp³-hybridized carbons (Fsp3) is 0.357. The molecule has 2 aromatic rings. The largest absolute Gasteiger partial charge is 0.319 e. The van der Waals surface area contributed by atoms with Gasteiger partial charge in [0, 0.05) is 22.9 Å². The molecule has 0 aliphatic carbocycles. The van der Waals surface area contributed by atoms with E-state index < -0.39 is 0 Å². The van der Waals surface area contributed by atoms with Crippen molar-refractivity contribution in [3.63, 3.8) is 0 Å². The summed E-state index contributed by atoms with van der Waals surface area (Å²) in [6.45, 7) is 5.08. The quantitative estimate of drug-likeness (QED) is 0.913. The minimum absolute atomic E-state index is 0.218. The lowest BCUT2D eigenvalue weighted by Gasteiger charge is -2.05. The number of benzene rings is 1. The Labute approximate surface area is 111 Å². The number of thiazole rings is 1. The minimum Gasteiger partial charge on any atom is -0.319 e. The van der Waals surface area contributed by atoms with Crippen LogP contribution in [-0.4, -0.2) is 18.6 Å². The molecule has 0 aliphatic rings. The average Bonchev–Trinajstić information content (AvgIpc) is 2.72. The van der Waals surface area contributed by atoms with E-state index in [9.17, 15) is 4.39 Å². The predicted molar refractivity (Wildman–Crippen MR) is 74.6 cm³/mol. The van der Waals surface area contributed by atoms with Crippen LogP contribution in [0.15, 0.2) is 24.3 Å². The van der Waals surface area contributed by atoms with Crippen molar-refractivity contribution in [3.05, 3.63) is 40.0 Å². The van der Waals surface area contributed by atoms with E-state index >= 15 is 0 Å². The molecule has 0 amide bonds. The van der Waals surface area contributed by atoms with Gasteiger partial charge in [0.15, 0.2) is 0 Å². The molecule has 1 aromatic carbocycles. The van der Waals surface area contributed by atoms with E-state index in [4.69, 9.17) is 0 Å². The molecule has 1 unspecified atom stereocenters. The smallest absolute Gasteiger partial charge is 0.123 e. The highest BCUT2D eigenvalue weighted by Gasteiger charge is 2.14. The van der Waals surface area contributed by atoms with Crippen LogP contribution in [0.2, 0.25) is 0 Å². The van der Waals surface area contributed by atoms with Gasteiger partial charge >= 0.3 is 0 Å². The lowest BCUT2D eigenvalue weighted by atomic mass is 10.1. The number of hydrogen-bond acceptors (Lipinski definition) is 3. The average molecular weight is 264 g/mol. The Morgan fingerprint density at radius 3 is 2.89 bits per heavy atom. The summed E-state index contributed by atoms with van der Waals surface area (Å²) in [6, 6.07) is 6.61. The number of nitrogens with zero attached hydrogens (tertiary/aromatic N) is 1. The van der Waals surface area contributed by atoms with Crippen LogP contribution >= 0.6 is 11.3 Å². The molecule has 1 atom stereocenters. The first-order chi connectivity index (χ1) is 8.61. The van der Waals surface area contributed by atoms with Gasteiger partial charge in [-0.1, -0.05) is 19.1 Å². The van der Waals surface area contributed by atoms with Crippen molar-refractivity contribution in [2.45, 2.75) is 19.8 Å². The van der Waals surface area contributed by atoms with Crippen LogP contribution in [0.3, 0.4) is 0 Å². The van der Waals surface area contributed by atoms with Crippen molar-refractivity contribution >= 4 is 11.3 Å². The molecule has 4 heteroatoms. The molecule has 0 bridgehead atoms. The van der Waals surface area contributed by atoms with Gasteiger partial charge in [0.25, 0.3) is 0 Å². The molecule has 96 valence electrons. The highest BCUT2D eigenvalue weighted by molar-refractivity contribution is 7.12. The Bertz CT molecular complexity index is 536. The summed E-state index contributed by atoms with van der Waals surface area (Å²) in [4.78, 5) is 5.79. The van der Waals surface area contributed by atoms with Gasteiger partial charge in [0.1, 0.15) is 5.82 Å². The molecule has 2 nitrogen and oxygen atoms in total. The maximum Gasteiger partial charge on any atom is 0.123 e. The third-order valence-electron chi connectivity index (χ3n) is 2.84. The number of hydrogen-bond donors (Lipinski definition) is 1. The van der Waals surface area contributed by atoms with Gasteiger partial charge in [-0.05, 0) is 26.1 Å². The Kier molecular flexibility index (Phi) is 4.09. The molecule has 1 aromatic heterocycles. The zero-order chi connectivity index (χ0) is 13.1. The van der Waals surface area contributed by atoms with Gasteiger partial charge in [-0.3, -0.25) is 0 Å². The molecule has 1 N–H and O–H groups in total. The summed E-state index contributed by atoms with van der Waals surface area (Å²) in [5.74, 6) is 0.158. The molecular formula is C14H17FN2S. The van der Waals surface area contributed by atoms with Crippen LogP contribution in [0.4, 0.5) is 4.39 Å². The van der Waals surface area contributed by atoms with Crippen LogP contribution in [-0.2, 0) is 0 Å². The van der Waals surface area contributed by atoms with Crippen LogP contribution in [0.1, 0.15) is 22.7 Å². The van der Waals surface area contributed by atoms with Crippen LogP contribution in [0, 0.1) is 12.7 Å². The molecule has 0 spiro atoms. The monoisotopic (exact) mass is 264 g/mol. The number of nitrogens with one attached hydrogen (secondary N) is 1. The molecule has 2 rings (SSSR count). The first kappa shape index (κ1) is 13.2. The summed E-state index contributed by atoms with van der Waals surface area (Å²) in [7, 11) is 1.93. The molecule has 1 heterocycles. The number of halogens is 1. The van der Waals surface area contributed by atoms with Crippen LogP contribution in [0.25, 0.3) is 11.3 Å². The highest BCUT2D eigenvalue weighted by Crippen LogP contribution is 2.31. The van der Waals surface area contributed by atoms with E-state index in [0.29, 0.717) is 5.92 Å². The molecule has 0 fully saturated rings. The van der Waals surface area contributed by atoms with Gasteiger partial charge in [0.2, 0.25) is 0 Å². The third kappa shape index (κ3) is 2.76. The number of likely N-dealkylation sites (N-methyl/N-ethyl adjacent to an activating group) is 1. The third-order valence-corrected chi connectivity index (χ3v) is 4.05. The van der Waals surface area contributed by atoms with Crippen molar-refractivity contribution in [3.8, 4) is 11.3 Å². The second-order valence-corrected chi connectivity index (χ2v) is 5.66. The van der Waals surface area contributed by atoms with Crippen LogP contribution < -0.4 is 5.32 Å². The summed E-state index contributed by atoms with van der Waals surface area (Å²) >= 11 is 1.69. The van der Waals surface area contributed by atoms with Crippen LogP contribution in [0.5, 0.6) is 0 Å². The first-order valence-corrected chi connectivity index (χ1v) is 6.81.